The summed E-state index contributed by atoms with van der Waals surface area (Å²) in [6.07, 6.45) is 7.33. The standard InChI is InChI=1S/C15H29N3/c1-5-7-8-14(6-2)11-16-12-15-9-10-18(17-15)13(3)4/h9-10,13-14,16H,5-8,11-12H2,1-4H3. The monoisotopic (exact) mass is 251 g/mol. The number of hydrogen-bond acceptors (Lipinski definition) is 2. The Morgan fingerprint density at radius 2 is 2.11 bits per heavy atom. The minimum absolute atomic E-state index is 0.451. The number of aromatic nitrogens is 2. The van der Waals surface area contributed by atoms with Crippen molar-refractivity contribution in [2.45, 2.75) is 66.0 Å². The quantitative estimate of drug-likeness (QED) is 0.724. The molecule has 3 heteroatoms. The lowest BCUT2D eigenvalue weighted by molar-refractivity contribution is 0.416. The summed E-state index contributed by atoms with van der Waals surface area (Å²) in [5, 5.41) is 8.09. The summed E-state index contributed by atoms with van der Waals surface area (Å²) >= 11 is 0. The summed E-state index contributed by atoms with van der Waals surface area (Å²) in [6, 6.07) is 2.56. The first-order valence-corrected chi connectivity index (χ1v) is 7.42. The first-order valence-electron chi connectivity index (χ1n) is 7.42. The van der Waals surface area contributed by atoms with Crippen molar-refractivity contribution >= 4 is 0 Å². The minimum atomic E-state index is 0.451. The lowest BCUT2D eigenvalue weighted by Crippen LogP contribution is -2.22. The third-order valence-electron chi connectivity index (χ3n) is 3.48. The lowest BCUT2D eigenvalue weighted by atomic mass is 9.99. The minimum Gasteiger partial charge on any atom is -0.311 e. The van der Waals surface area contributed by atoms with Crippen LogP contribution in [0.25, 0.3) is 0 Å². The summed E-state index contributed by atoms with van der Waals surface area (Å²) in [4.78, 5) is 0. The third-order valence-corrected chi connectivity index (χ3v) is 3.48. The number of rotatable bonds is 9. The molecule has 1 aromatic heterocycles. The first-order chi connectivity index (χ1) is 8.67. The second-order valence-electron chi connectivity index (χ2n) is 5.43. The van der Waals surface area contributed by atoms with Gasteiger partial charge in [0.05, 0.1) is 5.69 Å². The molecule has 1 unspecified atom stereocenters. The van der Waals surface area contributed by atoms with Crippen LogP contribution in [0.2, 0.25) is 0 Å². The molecule has 0 spiro atoms. The molecule has 0 fully saturated rings. The number of nitrogens with zero attached hydrogens (tertiary/aromatic N) is 2. The van der Waals surface area contributed by atoms with Gasteiger partial charge in [0.1, 0.15) is 0 Å². The highest BCUT2D eigenvalue weighted by Crippen LogP contribution is 2.11. The number of nitrogens with one attached hydrogen (secondary N) is 1. The molecule has 1 heterocycles. The van der Waals surface area contributed by atoms with Gasteiger partial charge in [-0.3, -0.25) is 4.68 Å². The van der Waals surface area contributed by atoms with E-state index >= 15 is 0 Å². The largest absolute Gasteiger partial charge is 0.311 e. The fourth-order valence-electron chi connectivity index (χ4n) is 2.11. The summed E-state index contributed by atoms with van der Waals surface area (Å²) in [5.41, 5.74) is 1.15. The molecule has 0 aliphatic heterocycles. The van der Waals surface area contributed by atoms with Crippen LogP contribution in [0.3, 0.4) is 0 Å². The average molecular weight is 251 g/mol. The van der Waals surface area contributed by atoms with Crippen LogP contribution in [-0.2, 0) is 6.54 Å². The topological polar surface area (TPSA) is 29.9 Å². The van der Waals surface area contributed by atoms with Gasteiger partial charge < -0.3 is 5.32 Å². The van der Waals surface area contributed by atoms with Crippen LogP contribution in [0.15, 0.2) is 12.3 Å². The van der Waals surface area contributed by atoms with Gasteiger partial charge in [0.15, 0.2) is 0 Å². The Morgan fingerprint density at radius 3 is 2.67 bits per heavy atom. The van der Waals surface area contributed by atoms with Crippen LogP contribution in [-0.4, -0.2) is 16.3 Å². The Kier molecular flexibility index (Phi) is 7.02. The van der Waals surface area contributed by atoms with E-state index in [0.717, 1.165) is 24.7 Å². The predicted octanol–water partition coefficient (Wildman–Crippen LogP) is 3.77. The molecule has 18 heavy (non-hydrogen) atoms. The van der Waals surface area contributed by atoms with E-state index in [4.69, 9.17) is 0 Å². The molecule has 0 bridgehead atoms. The van der Waals surface area contributed by atoms with Crippen molar-refractivity contribution in [2.75, 3.05) is 6.54 Å². The van der Waals surface area contributed by atoms with Gasteiger partial charge in [-0.1, -0.05) is 33.1 Å². The highest BCUT2D eigenvalue weighted by atomic mass is 15.3. The Hall–Kier alpha value is -0.830. The van der Waals surface area contributed by atoms with Crippen LogP contribution < -0.4 is 5.32 Å². The molecule has 1 rings (SSSR count). The molecule has 0 amide bonds. The molecule has 0 aromatic carbocycles. The molecule has 1 atom stereocenters. The van der Waals surface area contributed by atoms with Crippen LogP contribution in [0.1, 0.15) is 65.1 Å². The maximum Gasteiger partial charge on any atom is 0.0762 e. The van der Waals surface area contributed by atoms with Crippen molar-refractivity contribution in [1.82, 2.24) is 15.1 Å². The second kappa shape index (κ2) is 8.30. The van der Waals surface area contributed by atoms with E-state index in [0.29, 0.717) is 6.04 Å². The van der Waals surface area contributed by atoms with Gasteiger partial charge in [-0.05, 0) is 38.8 Å². The van der Waals surface area contributed by atoms with Crippen molar-refractivity contribution in [1.29, 1.82) is 0 Å². The molecule has 0 saturated carbocycles. The molecule has 1 N–H and O–H groups in total. The van der Waals surface area contributed by atoms with Crippen molar-refractivity contribution in [3.8, 4) is 0 Å². The summed E-state index contributed by atoms with van der Waals surface area (Å²) in [5.74, 6) is 0.817. The number of unbranched alkanes of at least 4 members (excludes halogenated alkanes) is 1. The molecule has 0 aliphatic carbocycles. The van der Waals surface area contributed by atoms with E-state index in [-0.39, 0.29) is 0 Å². The maximum absolute atomic E-state index is 4.55. The van der Waals surface area contributed by atoms with Crippen LogP contribution in [0, 0.1) is 5.92 Å². The van der Waals surface area contributed by atoms with Gasteiger partial charge >= 0.3 is 0 Å². The van der Waals surface area contributed by atoms with E-state index in [9.17, 15) is 0 Å². The van der Waals surface area contributed by atoms with Crippen LogP contribution in [0.5, 0.6) is 0 Å². The third kappa shape index (κ3) is 5.21. The van der Waals surface area contributed by atoms with E-state index in [1.54, 1.807) is 0 Å². The lowest BCUT2D eigenvalue weighted by Gasteiger charge is -2.14. The molecule has 3 nitrogen and oxygen atoms in total. The SMILES string of the molecule is CCCCC(CC)CNCc1ccn(C(C)C)n1. The summed E-state index contributed by atoms with van der Waals surface area (Å²) < 4.78 is 2.02. The normalized spacial score (nSPS) is 13.2. The molecule has 1 aromatic rings. The highest BCUT2D eigenvalue weighted by molar-refractivity contribution is 4.99. The highest BCUT2D eigenvalue weighted by Gasteiger charge is 2.06. The fraction of sp³-hybridized carbons (Fsp3) is 0.800. The van der Waals surface area contributed by atoms with Crippen molar-refractivity contribution in [3.63, 3.8) is 0 Å². The van der Waals surface area contributed by atoms with E-state index in [2.05, 4.69) is 50.4 Å². The zero-order chi connectivity index (χ0) is 13.4. The molecular weight excluding hydrogens is 222 g/mol. The average Bonchev–Trinajstić information content (AvgIpc) is 2.82. The van der Waals surface area contributed by atoms with Gasteiger partial charge in [-0.2, -0.15) is 5.10 Å². The van der Waals surface area contributed by atoms with E-state index < -0.39 is 0 Å². The van der Waals surface area contributed by atoms with Gasteiger partial charge in [0, 0.05) is 18.8 Å². The van der Waals surface area contributed by atoms with E-state index in [1.807, 2.05) is 4.68 Å². The molecule has 104 valence electrons. The van der Waals surface area contributed by atoms with E-state index in [1.165, 1.54) is 25.7 Å². The fourth-order valence-corrected chi connectivity index (χ4v) is 2.11. The van der Waals surface area contributed by atoms with Crippen LogP contribution >= 0.6 is 0 Å². The summed E-state index contributed by atoms with van der Waals surface area (Å²) in [6.45, 7) is 10.9. The first kappa shape index (κ1) is 15.2. The summed E-state index contributed by atoms with van der Waals surface area (Å²) in [7, 11) is 0. The number of hydrogen-bond donors (Lipinski definition) is 1. The van der Waals surface area contributed by atoms with Crippen molar-refractivity contribution in [3.05, 3.63) is 18.0 Å². The Bertz CT molecular complexity index is 317. The van der Waals surface area contributed by atoms with Gasteiger partial charge in [0.25, 0.3) is 0 Å². The Labute approximate surface area is 112 Å². The van der Waals surface area contributed by atoms with Crippen molar-refractivity contribution in [2.24, 2.45) is 5.92 Å². The zero-order valence-electron chi connectivity index (χ0n) is 12.4. The zero-order valence-corrected chi connectivity index (χ0v) is 12.4. The molecule has 0 aliphatic rings. The molecular formula is C15H29N3. The molecule has 0 radical (unpaired) electrons. The Morgan fingerprint density at radius 1 is 1.33 bits per heavy atom. The molecule has 0 saturated heterocycles. The van der Waals surface area contributed by atoms with Gasteiger partial charge in [-0.15, -0.1) is 0 Å². The smallest absolute Gasteiger partial charge is 0.0762 e. The second-order valence-corrected chi connectivity index (χ2v) is 5.43. The maximum atomic E-state index is 4.55. The van der Waals surface area contributed by atoms with Gasteiger partial charge in [0.2, 0.25) is 0 Å². The Balaban J connectivity index is 2.26. The van der Waals surface area contributed by atoms with Crippen molar-refractivity contribution < 1.29 is 0 Å². The predicted molar refractivity (Wildman–Crippen MR) is 77.6 cm³/mol. The van der Waals surface area contributed by atoms with Crippen LogP contribution in [0.4, 0.5) is 0 Å². The van der Waals surface area contributed by atoms with Gasteiger partial charge in [-0.25, -0.2) is 0 Å².